The average Bonchev–Trinajstić information content (AvgIpc) is 3.46. The zero-order chi connectivity index (χ0) is 21.0. The molecular weight excluding hydrogens is 406 g/mol. The largest absolute Gasteiger partial charge is 0.486 e. The van der Waals surface area contributed by atoms with Gasteiger partial charge in [0.2, 0.25) is 5.09 Å². The van der Waals surface area contributed by atoms with E-state index in [-0.39, 0.29) is 17.6 Å². The lowest BCUT2D eigenvalue weighted by atomic mass is 10.2. The predicted octanol–water partition coefficient (Wildman–Crippen LogP) is 3.29. The van der Waals surface area contributed by atoms with Crippen molar-refractivity contribution in [2.75, 3.05) is 18.4 Å². The number of carbonyl (C=O) groups is 1. The lowest BCUT2D eigenvalue weighted by Gasteiger charge is -2.12. The van der Waals surface area contributed by atoms with Gasteiger partial charge in [0.05, 0.1) is 11.9 Å². The Balaban J connectivity index is 1.34. The Hall–Kier alpha value is -3.17. The van der Waals surface area contributed by atoms with Crippen molar-refractivity contribution in [1.29, 1.82) is 0 Å². The van der Waals surface area contributed by atoms with E-state index in [0.717, 1.165) is 12.8 Å². The summed E-state index contributed by atoms with van der Waals surface area (Å²) in [5.41, 5.74) is 1.09. The quantitative estimate of drug-likeness (QED) is 0.621. The first-order valence-corrected chi connectivity index (χ1v) is 11.0. The number of hydrogen-bond acceptors (Lipinski definition) is 6. The molecule has 0 unspecified atom stereocenters. The highest BCUT2D eigenvalue weighted by Crippen LogP contribution is 2.23. The van der Waals surface area contributed by atoms with Crippen molar-refractivity contribution >= 4 is 21.6 Å². The first kappa shape index (κ1) is 20.1. The third-order valence-electron chi connectivity index (χ3n) is 4.71. The molecule has 9 heteroatoms. The van der Waals surface area contributed by atoms with Gasteiger partial charge in [-0.05, 0) is 61.4 Å². The summed E-state index contributed by atoms with van der Waals surface area (Å²) in [6.07, 6.45) is 4.93. The molecular formula is C21H21N3O5S. The van der Waals surface area contributed by atoms with Crippen molar-refractivity contribution < 1.29 is 22.4 Å². The van der Waals surface area contributed by atoms with Crippen LogP contribution in [0.15, 0.2) is 70.4 Å². The minimum atomic E-state index is -3.58. The molecule has 0 bridgehead atoms. The fraction of sp³-hybridized carbons (Fsp3) is 0.238. The maximum absolute atomic E-state index is 12.5. The maximum Gasteiger partial charge on any atom is 0.276 e. The van der Waals surface area contributed by atoms with Gasteiger partial charge in [0, 0.05) is 24.8 Å². The van der Waals surface area contributed by atoms with Gasteiger partial charge >= 0.3 is 0 Å². The third-order valence-corrected chi connectivity index (χ3v) is 6.49. The SMILES string of the molecule is O=C(Nc1cccnc1)c1ccc(OCc2ccc(S(=O)(=O)N3CCCC3)o2)cc1. The Kier molecular flexibility index (Phi) is 5.82. The highest BCUT2D eigenvalue weighted by atomic mass is 32.2. The molecule has 3 aromatic rings. The Bertz CT molecular complexity index is 1110. The number of pyridine rings is 1. The number of rotatable bonds is 7. The van der Waals surface area contributed by atoms with Crippen LogP contribution in [0.4, 0.5) is 5.69 Å². The van der Waals surface area contributed by atoms with E-state index in [1.54, 1.807) is 54.9 Å². The van der Waals surface area contributed by atoms with Crippen LogP contribution in [-0.2, 0) is 16.6 Å². The number of nitrogens with zero attached hydrogens (tertiary/aromatic N) is 2. The second kappa shape index (κ2) is 8.68. The van der Waals surface area contributed by atoms with Crippen LogP contribution in [0.2, 0.25) is 0 Å². The summed E-state index contributed by atoms with van der Waals surface area (Å²) in [6.45, 7) is 1.13. The molecule has 156 valence electrons. The lowest BCUT2D eigenvalue weighted by molar-refractivity contribution is 0.102. The van der Waals surface area contributed by atoms with Gasteiger partial charge in [-0.3, -0.25) is 9.78 Å². The van der Waals surface area contributed by atoms with Gasteiger partial charge in [0.1, 0.15) is 18.1 Å². The molecule has 4 rings (SSSR count). The summed E-state index contributed by atoms with van der Waals surface area (Å²) in [5, 5.41) is 2.69. The monoisotopic (exact) mass is 427 g/mol. The average molecular weight is 427 g/mol. The number of benzene rings is 1. The Morgan fingerprint density at radius 2 is 1.87 bits per heavy atom. The molecule has 0 radical (unpaired) electrons. The standard InChI is InChI=1S/C21H21N3O5S/c25-21(23-17-4-3-11-22-14-17)16-5-7-18(8-6-16)28-15-19-9-10-20(29-19)30(26,27)24-12-1-2-13-24/h3-11,14H,1-2,12-13,15H2,(H,23,25). The van der Waals surface area contributed by atoms with E-state index in [2.05, 4.69) is 10.3 Å². The van der Waals surface area contributed by atoms with E-state index in [1.165, 1.54) is 10.4 Å². The zero-order valence-corrected chi connectivity index (χ0v) is 17.0. The van der Waals surface area contributed by atoms with Crippen LogP contribution in [0, 0.1) is 0 Å². The van der Waals surface area contributed by atoms with Gasteiger partial charge in [-0.2, -0.15) is 4.31 Å². The normalized spacial score (nSPS) is 14.5. The minimum Gasteiger partial charge on any atom is -0.486 e. The summed E-state index contributed by atoms with van der Waals surface area (Å²) >= 11 is 0. The summed E-state index contributed by atoms with van der Waals surface area (Å²) in [5.74, 6) is 0.691. The van der Waals surface area contributed by atoms with E-state index in [0.29, 0.717) is 35.9 Å². The number of aromatic nitrogens is 1. The van der Waals surface area contributed by atoms with Crippen LogP contribution >= 0.6 is 0 Å². The highest BCUT2D eigenvalue weighted by Gasteiger charge is 2.29. The Labute approximate surface area is 174 Å². The number of amides is 1. The summed E-state index contributed by atoms with van der Waals surface area (Å²) in [4.78, 5) is 16.2. The van der Waals surface area contributed by atoms with Gasteiger partial charge in [-0.1, -0.05) is 0 Å². The van der Waals surface area contributed by atoms with E-state index < -0.39 is 10.0 Å². The topological polar surface area (TPSA) is 102 Å². The van der Waals surface area contributed by atoms with Crippen LogP contribution in [-0.4, -0.2) is 36.7 Å². The molecule has 0 saturated carbocycles. The second-order valence-electron chi connectivity index (χ2n) is 6.84. The smallest absolute Gasteiger partial charge is 0.276 e. The number of nitrogens with one attached hydrogen (secondary N) is 1. The molecule has 3 heterocycles. The fourth-order valence-corrected chi connectivity index (χ4v) is 4.57. The number of ether oxygens (including phenoxy) is 1. The number of sulfonamides is 1. The van der Waals surface area contributed by atoms with Gasteiger partial charge in [0.25, 0.3) is 15.9 Å². The summed E-state index contributed by atoms with van der Waals surface area (Å²) in [6, 6.07) is 13.2. The van der Waals surface area contributed by atoms with Gasteiger partial charge in [-0.15, -0.1) is 0 Å². The van der Waals surface area contributed by atoms with Crippen LogP contribution in [0.3, 0.4) is 0 Å². The molecule has 0 spiro atoms. The molecule has 2 aromatic heterocycles. The van der Waals surface area contributed by atoms with Crippen molar-refractivity contribution in [2.45, 2.75) is 24.5 Å². The van der Waals surface area contributed by atoms with Crippen LogP contribution in [0.1, 0.15) is 29.0 Å². The third kappa shape index (κ3) is 4.52. The minimum absolute atomic E-state index is 0.0644. The Morgan fingerprint density at radius 3 is 2.57 bits per heavy atom. The molecule has 30 heavy (non-hydrogen) atoms. The van der Waals surface area contributed by atoms with Gasteiger partial charge in [-0.25, -0.2) is 8.42 Å². The lowest BCUT2D eigenvalue weighted by Crippen LogP contribution is -2.27. The molecule has 1 fully saturated rings. The predicted molar refractivity (Wildman–Crippen MR) is 110 cm³/mol. The van der Waals surface area contributed by atoms with Crippen molar-refractivity contribution in [2.24, 2.45) is 0 Å². The Morgan fingerprint density at radius 1 is 1.10 bits per heavy atom. The van der Waals surface area contributed by atoms with E-state index in [4.69, 9.17) is 9.15 Å². The van der Waals surface area contributed by atoms with Gasteiger partial charge < -0.3 is 14.5 Å². The van der Waals surface area contributed by atoms with Crippen molar-refractivity contribution in [3.05, 3.63) is 72.2 Å². The fourth-order valence-electron chi connectivity index (χ4n) is 3.13. The summed E-state index contributed by atoms with van der Waals surface area (Å²) in [7, 11) is -3.58. The van der Waals surface area contributed by atoms with Crippen LogP contribution < -0.4 is 10.1 Å². The van der Waals surface area contributed by atoms with Crippen LogP contribution in [0.5, 0.6) is 5.75 Å². The molecule has 1 aromatic carbocycles. The van der Waals surface area contributed by atoms with Crippen molar-refractivity contribution in [3.63, 3.8) is 0 Å². The van der Waals surface area contributed by atoms with Gasteiger partial charge in [0.15, 0.2) is 0 Å². The van der Waals surface area contributed by atoms with Crippen molar-refractivity contribution in [3.8, 4) is 5.75 Å². The molecule has 1 aliphatic rings. The molecule has 1 saturated heterocycles. The molecule has 0 aliphatic carbocycles. The van der Waals surface area contributed by atoms with Crippen LogP contribution in [0.25, 0.3) is 0 Å². The number of carbonyl (C=O) groups excluding carboxylic acids is 1. The number of hydrogen-bond donors (Lipinski definition) is 1. The summed E-state index contributed by atoms with van der Waals surface area (Å²) < 4.78 is 37.6. The molecule has 1 N–H and O–H groups in total. The first-order valence-electron chi connectivity index (χ1n) is 9.55. The second-order valence-corrected chi connectivity index (χ2v) is 8.71. The van der Waals surface area contributed by atoms with E-state index in [9.17, 15) is 13.2 Å². The molecule has 8 nitrogen and oxygen atoms in total. The van der Waals surface area contributed by atoms with E-state index >= 15 is 0 Å². The number of furan rings is 1. The number of anilines is 1. The first-order chi connectivity index (χ1) is 14.5. The highest BCUT2D eigenvalue weighted by molar-refractivity contribution is 7.89. The van der Waals surface area contributed by atoms with E-state index in [1.807, 2.05) is 0 Å². The molecule has 1 amide bonds. The maximum atomic E-state index is 12.5. The molecule has 0 atom stereocenters. The zero-order valence-electron chi connectivity index (χ0n) is 16.2. The van der Waals surface area contributed by atoms with Crippen molar-refractivity contribution in [1.82, 2.24) is 9.29 Å². The molecule has 1 aliphatic heterocycles.